The van der Waals surface area contributed by atoms with Gasteiger partial charge in [0.15, 0.2) is 5.82 Å². The second-order valence-electron chi connectivity index (χ2n) is 3.56. The molecular formula is C14H11BrFNO. The van der Waals surface area contributed by atoms with Crippen LogP contribution in [-0.4, -0.2) is 11.6 Å². The lowest BCUT2D eigenvalue weighted by Gasteiger charge is -2.03. The second-order valence-corrected chi connectivity index (χ2v) is 4.48. The number of rotatable bonds is 4. The van der Waals surface area contributed by atoms with Gasteiger partial charge in [0, 0.05) is 10.7 Å². The normalized spacial score (nSPS) is 10.8. The van der Waals surface area contributed by atoms with Crippen LogP contribution < -0.4 is 4.74 Å². The molecule has 1 aromatic carbocycles. The van der Waals surface area contributed by atoms with Crippen molar-refractivity contribution in [3.05, 3.63) is 64.5 Å². The molecule has 2 aromatic rings. The fourth-order valence-electron chi connectivity index (χ4n) is 1.38. The van der Waals surface area contributed by atoms with Crippen molar-refractivity contribution in [2.75, 3.05) is 6.61 Å². The van der Waals surface area contributed by atoms with Gasteiger partial charge in [0.25, 0.3) is 5.88 Å². The Labute approximate surface area is 113 Å². The fourth-order valence-corrected chi connectivity index (χ4v) is 1.69. The highest BCUT2D eigenvalue weighted by atomic mass is 79.9. The van der Waals surface area contributed by atoms with Crippen LogP contribution in [-0.2, 0) is 0 Å². The first-order valence-corrected chi connectivity index (χ1v) is 6.20. The van der Waals surface area contributed by atoms with E-state index in [1.165, 1.54) is 12.3 Å². The summed E-state index contributed by atoms with van der Waals surface area (Å²) in [5.41, 5.74) is 1.07. The lowest BCUT2D eigenvalue weighted by Crippen LogP contribution is -1.98. The maximum Gasteiger partial charge on any atom is 0.250 e. The lowest BCUT2D eigenvalue weighted by molar-refractivity contribution is 0.327. The fraction of sp³-hybridized carbons (Fsp3) is 0.0714. The lowest BCUT2D eigenvalue weighted by atomic mass is 10.2. The molecule has 0 saturated heterocycles. The summed E-state index contributed by atoms with van der Waals surface area (Å²) >= 11 is 3.14. The van der Waals surface area contributed by atoms with E-state index in [1.807, 2.05) is 42.5 Å². The Bertz CT molecular complexity index is 543. The maximum atomic E-state index is 13.4. The van der Waals surface area contributed by atoms with Gasteiger partial charge in [0.05, 0.1) is 0 Å². The van der Waals surface area contributed by atoms with Crippen molar-refractivity contribution < 1.29 is 9.13 Å². The summed E-state index contributed by atoms with van der Waals surface area (Å²) in [5.74, 6) is -0.464. The molecule has 92 valence electrons. The van der Waals surface area contributed by atoms with Gasteiger partial charge in [-0.25, -0.2) is 9.37 Å². The van der Waals surface area contributed by atoms with Gasteiger partial charge in [0.1, 0.15) is 6.61 Å². The Morgan fingerprint density at radius 3 is 2.78 bits per heavy atom. The molecule has 0 amide bonds. The molecule has 18 heavy (non-hydrogen) atoms. The number of benzene rings is 1. The van der Waals surface area contributed by atoms with E-state index in [4.69, 9.17) is 4.74 Å². The predicted octanol–water partition coefficient (Wildman–Crippen LogP) is 4.08. The van der Waals surface area contributed by atoms with E-state index in [0.717, 1.165) is 5.56 Å². The molecule has 0 N–H and O–H groups in total. The molecule has 0 aliphatic carbocycles. The smallest absolute Gasteiger partial charge is 0.250 e. The molecule has 0 radical (unpaired) electrons. The highest BCUT2D eigenvalue weighted by molar-refractivity contribution is 9.10. The van der Waals surface area contributed by atoms with Crippen molar-refractivity contribution in [3.8, 4) is 5.88 Å². The van der Waals surface area contributed by atoms with Crippen LogP contribution in [0.1, 0.15) is 5.56 Å². The average molecular weight is 308 g/mol. The number of aromatic nitrogens is 1. The molecule has 1 heterocycles. The van der Waals surface area contributed by atoms with Crippen LogP contribution in [0.2, 0.25) is 0 Å². The van der Waals surface area contributed by atoms with Crippen LogP contribution in [0.5, 0.6) is 5.88 Å². The third-order valence-corrected chi connectivity index (χ3v) is 2.63. The van der Waals surface area contributed by atoms with Gasteiger partial charge in [-0.3, -0.25) is 0 Å². The van der Waals surface area contributed by atoms with Crippen molar-refractivity contribution >= 4 is 22.0 Å². The van der Waals surface area contributed by atoms with Gasteiger partial charge in [-0.15, -0.1) is 0 Å². The first-order chi connectivity index (χ1) is 8.75. The van der Waals surface area contributed by atoms with Gasteiger partial charge in [-0.2, -0.15) is 0 Å². The zero-order valence-electron chi connectivity index (χ0n) is 9.51. The molecule has 0 unspecified atom stereocenters. The quantitative estimate of drug-likeness (QED) is 0.849. The average Bonchev–Trinajstić information content (AvgIpc) is 2.38. The van der Waals surface area contributed by atoms with Crippen molar-refractivity contribution in [1.29, 1.82) is 0 Å². The summed E-state index contributed by atoms with van der Waals surface area (Å²) in [6.07, 6.45) is 5.23. The van der Waals surface area contributed by atoms with E-state index in [0.29, 0.717) is 4.47 Å². The minimum absolute atomic E-state index is 0.0101. The van der Waals surface area contributed by atoms with E-state index in [-0.39, 0.29) is 12.5 Å². The number of hydrogen-bond donors (Lipinski definition) is 0. The third kappa shape index (κ3) is 3.67. The first kappa shape index (κ1) is 12.8. The molecule has 2 rings (SSSR count). The van der Waals surface area contributed by atoms with Crippen LogP contribution in [0, 0.1) is 5.82 Å². The summed E-state index contributed by atoms with van der Waals surface area (Å²) in [4.78, 5) is 3.84. The Morgan fingerprint density at radius 1 is 1.28 bits per heavy atom. The van der Waals surface area contributed by atoms with Crippen molar-refractivity contribution in [2.24, 2.45) is 0 Å². The third-order valence-electron chi connectivity index (χ3n) is 2.20. The van der Waals surface area contributed by atoms with Crippen molar-refractivity contribution in [3.63, 3.8) is 0 Å². The molecule has 0 fully saturated rings. The van der Waals surface area contributed by atoms with Gasteiger partial charge in [0.2, 0.25) is 0 Å². The van der Waals surface area contributed by atoms with E-state index in [9.17, 15) is 4.39 Å². The number of hydrogen-bond acceptors (Lipinski definition) is 2. The largest absolute Gasteiger partial charge is 0.471 e. The highest BCUT2D eigenvalue weighted by Gasteiger charge is 2.04. The molecule has 0 aliphatic heterocycles. The predicted molar refractivity (Wildman–Crippen MR) is 72.9 cm³/mol. The number of ether oxygens (including phenoxy) is 1. The maximum absolute atomic E-state index is 13.4. The standard InChI is InChI=1S/C14H11BrFNO/c15-12-9-13(16)14(17-10-12)18-8-4-7-11-5-2-1-3-6-11/h1-7,9-10H,8H2/b7-4+. The molecule has 4 heteroatoms. The van der Waals surface area contributed by atoms with E-state index in [1.54, 1.807) is 0 Å². The van der Waals surface area contributed by atoms with Gasteiger partial charge in [-0.1, -0.05) is 36.4 Å². The second kappa shape index (κ2) is 6.31. The molecule has 0 spiro atoms. The minimum Gasteiger partial charge on any atom is -0.471 e. The molecule has 2 nitrogen and oxygen atoms in total. The highest BCUT2D eigenvalue weighted by Crippen LogP contribution is 2.17. The Balaban J connectivity index is 1.91. The first-order valence-electron chi connectivity index (χ1n) is 5.41. The molecule has 0 atom stereocenters. The molecule has 1 aromatic heterocycles. The van der Waals surface area contributed by atoms with E-state index < -0.39 is 5.82 Å². The summed E-state index contributed by atoms with van der Waals surface area (Å²) in [6, 6.07) is 11.1. The van der Waals surface area contributed by atoms with Crippen LogP contribution in [0.25, 0.3) is 6.08 Å². The van der Waals surface area contributed by atoms with Crippen molar-refractivity contribution in [2.45, 2.75) is 0 Å². The Morgan fingerprint density at radius 2 is 2.06 bits per heavy atom. The summed E-state index contributed by atoms with van der Waals surface area (Å²) < 4.78 is 19.2. The number of halogens is 2. The van der Waals surface area contributed by atoms with Crippen LogP contribution in [0.3, 0.4) is 0 Å². The van der Waals surface area contributed by atoms with Crippen molar-refractivity contribution in [1.82, 2.24) is 4.98 Å². The summed E-state index contributed by atoms with van der Waals surface area (Å²) in [6.45, 7) is 0.278. The SMILES string of the molecule is Fc1cc(Br)cnc1OC/C=C/c1ccccc1. The topological polar surface area (TPSA) is 22.1 Å². The zero-order valence-corrected chi connectivity index (χ0v) is 11.1. The number of nitrogens with zero attached hydrogens (tertiary/aromatic N) is 1. The monoisotopic (exact) mass is 307 g/mol. The molecule has 0 aliphatic rings. The van der Waals surface area contributed by atoms with Crippen LogP contribution in [0.4, 0.5) is 4.39 Å². The van der Waals surface area contributed by atoms with Gasteiger partial charge < -0.3 is 4.74 Å². The summed E-state index contributed by atoms with van der Waals surface area (Å²) in [7, 11) is 0. The van der Waals surface area contributed by atoms with Gasteiger partial charge in [-0.05, 0) is 33.6 Å². The Hall–Kier alpha value is -1.68. The number of pyridine rings is 1. The Kier molecular flexibility index (Phi) is 4.47. The molecular weight excluding hydrogens is 297 g/mol. The van der Waals surface area contributed by atoms with Crippen LogP contribution in [0.15, 0.2) is 53.1 Å². The summed E-state index contributed by atoms with van der Waals surface area (Å²) in [5, 5.41) is 0. The minimum atomic E-state index is -0.475. The van der Waals surface area contributed by atoms with E-state index >= 15 is 0 Å². The molecule has 0 saturated carbocycles. The van der Waals surface area contributed by atoms with Crippen LogP contribution >= 0.6 is 15.9 Å². The van der Waals surface area contributed by atoms with Gasteiger partial charge >= 0.3 is 0 Å². The zero-order chi connectivity index (χ0) is 12.8. The van der Waals surface area contributed by atoms with E-state index in [2.05, 4.69) is 20.9 Å². The molecule has 0 bridgehead atoms.